The highest BCUT2D eigenvalue weighted by Gasteiger charge is 2.27. The SMILES string of the molecule is CCCCC(=O)OCOP(=O)(N=C(N)N(C)OC(=O)CCc1ccccc1)OCc1ccccc1. The molecule has 0 amide bonds. The van der Waals surface area contributed by atoms with Crippen LogP contribution in [0.2, 0.25) is 0 Å². The minimum Gasteiger partial charge on any atom is -0.438 e. The van der Waals surface area contributed by atoms with E-state index in [1.54, 1.807) is 24.3 Å². The largest absolute Gasteiger partial charge is 0.460 e. The predicted molar refractivity (Wildman–Crippen MR) is 131 cm³/mol. The number of guanidine groups is 1. The number of carbonyl (C=O) groups excluding carboxylic acids is 2. The van der Waals surface area contributed by atoms with Gasteiger partial charge >= 0.3 is 19.7 Å². The Morgan fingerprint density at radius 1 is 0.943 bits per heavy atom. The van der Waals surface area contributed by atoms with Crippen molar-refractivity contribution in [3.8, 4) is 0 Å². The molecule has 2 aromatic rings. The first-order valence-electron chi connectivity index (χ1n) is 11.2. The van der Waals surface area contributed by atoms with Gasteiger partial charge in [0.05, 0.1) is 13.0 Å². The number of carbonyl (C=O) groups is 2. The smallest absolute Gasteiger partial charge is 0.438 e. The topological polar surface area (TPSA) is 130 Å². The molecule has 10 nitrogen and oxygen atoms in total. The Morgan fingerprint density at radius 3 is 2.20 bits per heavy atom. The van der Waals surface area contributed by atoms with Crippen LogP contribution in [0.5, 0.6) is 0 Å². The lowest BCUT2D eigenvalue weighted by Gasteiger charge is -2.19. The Kier molecular flexibility index (Phi) is 12.0. The molecule has 0 aromatic heterocycles. The van der Waals surface area contributed by atoms with Gasteiger partial charge in [-0.3, -0.25) is 13.8 Å². The number of unbranched alkanes of at least 4 members (excludes halogenated alkanes) is 1. The molecule has 0 spiro atoms. The zero-order chi connectivity index (χ0) is 25.5. The van der Waals surface area contributed by atoms with Gasteiger partial charge in [0.25, 0.3) is 0 Å². The summed E-state index contributed by atoms with van der Waals surface area (Å²) in [7, 11) is -2.89. The molecular weight excluding hydrogens is 473 g/mol. The van der Waals surface area contributed by atoms with E-state index in [1.807, 2.05) is 43.3 Å². The lowest BCUT2D eigenvalue weighted by atomic mass is 10.1. The molecule has 190 valence electrons. The number of rotatable bonds is 13. The van der Waals surface area contributed by atoms with Gasteiger partial charge in [-0.25, -0.2) is 9.36 Å². The van der Waals surface area contributed by atoms with Crippen molar-refractivity contribution in [3.63, 3.8) is 0 Å². The van der Waals surface area contributed by atoms with Crippen LogP contribution in [0.4, 0.5) is 0 Å². The summed E-state index contributed by atoms with van der Waals surface area (Å²) in [4.78, 5) is 29.1. The molecule has 0 aliphatic rings. The lowest BCUT2D eigenvalue weighted by Crippen LogP contribution is -2.36. The number of hydrogen-bond acceptors (Lipinski definition) is 7. The normalized spacial score (nSPS) is 13.0. The van der Waals surface area contributed by atoms with Crippen molar-refractivity contribution in [1.29, 1.82) is 0 Å². The van der Waals surface area contributed by atoms with Crippen LogP contribution >= 0.6 is 7.75 Å². The van der Waals surface area contributed by atoms with Crippen LogP contribution in [0, 0.1) is 0 Å². The molecule has 0 aliphatic carbocycles. The standard InChI is InChI=1S/C24H32N3O7P/c1-3-4-15-22(28)31-19-33-35(30,32-18-21-13-9-6-10-14-21)26-24(25)27(2)34-23(29)17-16-20-11-7-5-8-12-20/h5-14H,3-4,15-19H2,1-2H3,(H2,25,26,30). The van der Waals surface area contributed by atoms with E-state index in [2.05, 4.69) is 4.76 Å². The van der Waals surface area contributed by atoms with Crippen molar-refractivity contribution in [2.24, 2.45) is 10.5 Å². The number of hydrogen-bond donors (Lipinski definition) is 1. The quantitative estimate of drug-likeness (QED) is 0.105. The second-order valence-corrected chi connectivity index (χ2v) is 9.15. The third-order valence-electron chi connectivity index (χ3n) is 4.65. The highest BCUT2D eigenvalue weighted by atomic mass is 31.2. The summed E-state index contributed by atoms with van der Waals surface area (Å²) in [6.45, 7) is 1.21. The van der Waals surface area contributed by atoms with Crippen LogP contribution in [-0.2, 0) is 45.8 Å². The molecule has 35 heavy (non-hydrogen) atoms. The molecule has 0 bridgehead atoms. The minimum atomic E-state index is -4.23. The number of benzene rings is 2. The second kappa shape index (κ2) is 14.9. The Balaban J connectivity index is 1.99. The molecule has 0 heterocycles. The number of nitrogens with zero attached hydrogens (tertiary/aromatic N) is 2. The van der Waals surface area contributed by atoms with Crippen molar-refractivity contribution in [2.45, 2.75) is 45.6 Å². The highest BCUT2D eigenvalue weighted by molar-refractivity contribution is 7.52. The van der Waals surface area contributed by atoms with Gasteiger partial charge in [0.2, 0.25) is 12.8 Å². The minimum absolute atomic E-state index is 0.0980. The Bertz CT molecular complexity index is 1000. The number of esters is 1. The monoisotopic (exact) mass is 505 g/mol. The van der Waals surface area contributed by atoms with Crippen LogP contribution in [0.25, 0.3) is 0 Å². The highest BCUT2D eigenvalue weighted by Crippen LogP contribution is 2.50. The Morgan fingerprint density at radius 2 is 1.57 bits per heavy atom. The third-order valence-corrected chi connectivity index (χ3v) is 5.99. The van der Waals surface area contributed by atoms with Crippen LogP contribution < -0.4 is 5.73 Å². The molecule has 2 N–H and O–H groups in total. The average Bonchev–Trinajstić information content (AvgIpc) is 2.86. The van der Waals surface area contributed by atoms with Gasteiger partial charge in [0.1, 0.15) is 0 Å². The average molecular weight is 506 g/mol. The maximum Gasteiger partial charge on any atom is 0.460 e. The first-order valence-corrected chi connectivity index (χ1v) is 12.7. The van der Waals surface area contributed by atoms with E-state index >= 15 is 0 Å². The fourth-order valence-corrected chi connectivity index (χ4v) is 3.77. The molecule has 0 aliphatic heterocycles. The molecule has 1 atom stereocenters. The molecule has 2 rings (SSSR count). The summed E-state index contributed by atoms with van der Waals surface area (Å²) in [5.74, 6) is -1.46. The molecular formula is C24H32N3O7P. The first-order chi connectivity index (χ1) is 16.8. The van der Waals surface area contributed by atoms with Crippen molar-refractivity contribution in [1.82, 2.24) is 5.06 Å². The lowest BCUT2D eigenvalue weighted by molar-refractivity contribution is -0.169. The molecule has 1 unspecified atom stereocenters. The molecule has 2 aromatic carbocycles. The summed E-state index contributed by atoms with van der Waals surface area (Å²) in [6, 6.07) is 18.4. The van der Waals surface area contributed by atoms with Crippen LogP contribution in [0.1, 0.15) is 43.7 Å². The predicted octanol–water partition coefficient (Wildman–Crippen LogP) is 4.36. The molecule has 0 saturated heterocycles. The number of ether oxygens (including phenoxy) is 1. The second-order valence-electron chi connectivity index (χ2n) is 7.50. The molecule has 0 fully saturated rings. The fourth-order valence-electron chi connectivity index (χ4n) is 2.70. The maximum atomic E-state index is 13.2. The van der Waals surface area contributed by atoms with E-state index in [9.17, 15) is 14.2 Å². The van der Waals surface area contributed by atoms with Gasteiger partial charge in [-0.15, -0.1) is 4.76 Å². The Labute approximate surface area is 205 Å². The van der Waals surface area contributed by atoms with Crippen molar-refractivity contribution < 1.29 is 32.8 Å². The molecule has 11 heteroatoms. The number of nitrogens with two attached hydrogens (primary N) is 1. The van der Waals surface area contributed by atoms with Crippen molar-refractivity contribution in [2.75, 3.05) is 13.8 Å². The van der Waals surface area contributed by atoms with Crippen molar-refractivity contribution >= 4 is 25.6 Å². The fraction of sp³-hybridized carbons (Fsp3) is 0.375. The van der Waals surface area contributed by atoms with Gasteiger partial charge in [-0.2, -0.15) is 5.06 Å². The van der Waals surface area contributed by atoms with E-state index < -0.39 is 32.4 Å². The number of aryl methyl sites for hydroxylation is 1. The molecule has 0 saturated carbocycles. The Hall–Kier alpha value is -3.20. The van der Waals surface area contributed by atoms with Gasteiger partial charge in [0, 0.05) is 13.5 Å². The van der Waals surface area contributed by atoms with E-state index in [0.29, 0.717) is 18.4 Å². The first kappa shape index (κ1) is 28.0. The van der Waals surface area contributed by atoms with Gasteiger partial charge < -0.3 is 15.3 Å². The van der Waals surface area contributed by atoms with Crippen LogP contribution in [-0.4, -0.2) is 36.8 Å². The summed E-state index contributed by atoms with van der Waals surface area (Å²) in [6.07, 6.45) is 2.28. The van der Waals surface area contributed by atoms with Gasteiger partial charge in [-0.1, -0.05) is 74.0 Å². The zero-order valence-electron chi connectivity index (χ0n) is 20.0. The zero-order valence-corrected chi connectivity index (χ0v) is 20.9. The van der Waals surface area contributed by atoms with Gasteiger partial charge in [-0.05, 0) is 24.0 Å². The summed E-state index contributed by atoms with van der Waals surface area (Å²) in [5.41, 5.74) is 7.58. The van der Waals surface area contributed by atoms with Crippen LogP contribution in [0.15, 0.2) is 65.4 Å². The van der Waals surface area contributed by atoms with Crippen molar-refractivity contribution in [3.05, 3.63) is 71.8 Å². The number of hydroxylamine groups is 2. The van der Waals surface area contributed by atoms with E-state index in [4.69, 9.17) is 24.4 Å². The van der Waals surface area contributed by atoms with E-state index in [-0.39, 0.29) is 19.4 Å². The van der Waals surface area contributed by atoms with E-state index in [1.165, 1.54) is 7.05 Å². The maximum absolute atomic E-state index is 13.2. The third kappa shape index (κ3) is 11.2. The summed E-state index contributed by atoms with van der Waals surface area (Å²) in [5, 5.41) is 0.877. The van der Waals surface area contributed by atoms with E-state index in [0.717, 1.165) is 17.0 Å². The summed E-state index contributed by atoms with van der Waals surface area (Å²) >= 11 is 0. The molecule has 0 radical (unpaired) electrons. The van der Waals surface area contributed by atoms with Gasteiger partial charge in [0.15, 0.2) is 0 Å². The summed E-state index contributed by atoms with van der Waals surface area (Å²) < 4.78 is 32.6. The van der Waals surface area contributed by atoms with Crippen LogP contribution in [0.3, 0.4) is 0 Å².